The summed E-state index contributed by atoms with van der Waals surface area (Å²) >= 11 is 0. The smallest absolute Gasteiger partial charge is 0.123 e. The van der Waals surface area contributed by atoms with Gasteiger partial charge < -0.3 is 15.0 Å². The average Bonchev–Trinajstić information content (AvgIpc) is 2.47. The van der Waals surface area contributed by atoms with Crippen LogP contribution in [0.3, 0.4) is 0 Å². The van der Waals surface area contributed by atoms with Crippen molar-refractivity contribution in [3.8, 4) is 0 Å². The van der Waals surface area contributed by atoms with E-state index in [-0.39, 0.29) is 11.9 Å². The lowest BCUT2D eigenvalue weighted by molar-refractivity contribution is 0.0928. The first-order chi connectivity index (χ1) is 9.67. The molecule has 1 N–H and O–H groups in total. The molecule has 1 saturated heterocycles. The quantitative estimate of drug-likeness (QED) is 0.897. The molecule has 1 aliphatic heterocycles. The molecule has 3 nitrogen and oxygen atoms in total. The minimum Gasteiger partial charge on any atom is -0.377 e. The van der Waals surface area contributed by atoms with E-state index in [0.717, 1.165) is 44.0 Å². The van der Waals surface area contributed by atoms with Gasteiger partial charge in [-0.05, 0) is 43.7 Å². The van der Waals surface area contributed by atoms with Crippen LogP contribution in [-0.2, 0) is 4.74 Å². The lowest BCUT2D eigenvalue weighted by atomic mass is 10.0. The topological polar surface area (TPSA) is 24.5 Å². The molecule has 0 radical (unpaired) electrons. The van der Waals surface area contributed by atoms with Gasteiger partial charge in [-0.2, -0.15) is 0 Å². The van der Waals surface area contributed by atoms with E-state index in [1.807, 2.05) is 6.07 Å². The fraction of sp³-hybridized carbons (Fsp3) is 0.625. The highest BCUT2D eigenvalue weighted by atomic mass is 19.1. The molecule has 0 aliphatic carbocycles. The van der Waals surface area contributed by atoms with Gasteiger partial charge >= 0.3 is 0 Å². The molecule has 0 spiro atoms. The molecule has 1 aromatic carbocycles. The van der Waals surface area contributed by atoms with Crippen LogP contribution in [0.4, 0.5) is 10.1 Å². The second-order valence-corrected chi connectivity index (χ2v) is 5.31. The Morgan fingerprint density at radius 2 is 2.25 bits per heavy atom. The van der Waals surface area contributed by atoms with Crippen LogP contribution in [0.2, 0.25) is 0 Å². The molecule has 4 heteroatoms. The Morgan fingerprint density at radius 3 is 2.95 bits per heavy atom. The fourth-order valence-corrected chi connectivity index (χ4v) is 2.86. The zero-order valence-electron chi connectivity index (χ0n) is 12.7. The average molecular weight is 280 g/mol. The van der Waals surface area contributed by atoms with Crippen molar-refractivity contribution in [1.82, 2.24) is 5.32 Å². The second kappa shape index (κ2) is 7.04. The second-order valence-electron chi connectivity index (χ2n) is 5.31. The molecular formula is C16H25FN2O. The van der Waals surface area contributed by atoms with Gasteiger partial charge in [0.15, 0.2) is 0 Å². The SMILES string of the molecule is CCNC(C)c1cc(F)ccc1N1CCOCC1CC. The van der Waals surface area contributed by atoms with E-state index >= 15 is 0 Å². The summed E-state index contributed by atoms with van der Waals surface area (Å²) in [5.74, 6) is -0.171. The Bertz CT molecular complexity index is 438. The monoisotopic (exact) mass is 280 g/mol. The van der Waals surface area contributed by atoms with Crippen LogP contribution < -0.4 is 10.2 Å². The van der Waals surface area contributed by atoms with Crippen molar-refractivity contribution >= 4 is 5.69 Å². The maximum atomic E-state index is 13.6. The summed E-state index contributed by atoms with van der Waals surface area (Å²) in [6.07, 6.45) is 1.03. The summed E-state index contributed by atoms with van der Waals surface area (Å²) in [6, 6.07) is 5.64. The van der Waals surface area contributed by atoms with E-state index in [2.05, 4.69) is 31.0 Å². The van der Waals surface area contributed by atoms with Crippen LogP contribution in [-0.4, -0.2) is 32.3 Å². The molecule has 2 rings (SSSR count). The van der Waals surface area contributed by atoms with Crippen LogP contribution in [0.25, 0.3) is 0 Å². The number of morpholine rings is 1. The number of nitrogens with one attached hydrogen (secondary N) is 1. The van der Waals surface area contributed by atoms with Crippen molar-refractivity contribution < 1.29 is 9.13 Å². The Kier molecular flexibility index (Phi) is 5.38. The van der Waals surface area contributed by atoms with E-state index < -0.39 is 0 Å². The highest BCUT2D eigenvalue weighted by Crippen LogP contribution is 2.30. The maximum absolute atomic E-state index is 13.6. The number of ether oxygens (including phenoxy) is 1. The Balaban J connectivity index is 2.33. The molecule has 0 aromatic heterocycles. The molecular weight excluding hydrogens is 255 g/mol. The molecule has 1 aromatic rings. The summed E-state index contributed by atoms with van der Waals surface area (Å²) in [7, 11) is 0. The van der Waals surface area contributed by atoms with Gasteiger partial charge in [0.1, 0.15) is 5.82 Å². The lowest BCUT2D eigenvalue weighted by Crippen LogP contribution is -2.45. The van der Waals surface area contributed by atoms with E-state index in [4.69, 9.17) is 4.74 Å². The minimum atomic E-state index is -0.171. The zero-order chi connectivity index (χ0) is 14.5. The summed E-state index contributed by atoms with van der Waals surface area (Å²) in [4.78, 5) is 2.37. The van der Waals surface area contributed by atoms with Crippen LogP contribution in [0.1, 0.15) is 38.8 Å². The number of anilines is 1. The number of hydrogen-bond donors (Lipinski definition) is 1. The molecule has 2 unspecified atom stereocenters. The molecule has 0 amide bonds. The number of hydrogen-bond acceptors (Lipinski definition) is 3. The lowest BCUT2D eigenvalue weighted by Gasteiger charge is -2.38. The third-order valence-corrected chi connectivity index (χ3v) is 3.97. The van der Waals surface area contributed by atoms with Gasteiger partial charge in [0.05, 0.1) is 19.3 Å². The van der Waals surface area contributed by atoms with Gasteiger partial charge in [-0.25, -0.2) is 4.39 Å². The number of halogens is 1. The molecule has 1 aliphatic rings. The normalized spacial score (nSPS) is 21.0. The predicted octanol–water partition coefficient (Wildman–Crippen LogP) is 3.11. The Labute approximate surface area is 121 Å². The first-order valence-electron chi connectivity index (χ1n) is 7.54. The van der Waals surface area contributed by atoms with Crippen molar-refractivity contribution in [1.29, 1.82) is 0 Å². The molecule has 2 atom stereocenters. The molecule has 1 fully saturated rings. The van der Waals surface area contributed by atoms with Gasteiger partial charge in [0, 0.05) is 18.3 Å². The van der Waals surface area contributed by atoms with Gasteiger partial charge in [-0.15, -0.1) is 0 Å². The van der Waals surface area contributed by atoms with Gasteiger partial charge in [-0.3, -0.25) is 0 Å². The maximum Gasteiger partial charge on any atom is 0.123 e. The highest BCUT2D eigenvalue weighted by molar-refractivity contribution is 5.56. The van der Waals surface area contributed by atoms with Gasteiger partial charge in [0.25, 0.3) is 0 Å². The first-order valence-corrected chi connectivity index (χ1v) is 7.54. The largest absolute Gasteiger partial charge is 0.377 e. The van der Waals surface area contributed by atoms with Crippen LogP contribution in [0.5, 0.6) is 0 Å². The number of rotatable bonds is 5. The van der Waals surface area contributed by atoms with Crippen molar-refractivity contribution in [3.05, 3.63) is 29.6 Å². The van der Waals surface area contributed by atoms with E-state index in [0.29, 0.717) is 6.04 Å². The Morgan fingerprint density at radius 1 is 1.45 bits per heavy atom. The van der Waals surface area contributed by atoms with Gasteiger partial charge in [0.2, 0.25) is 0 Å². The predicted molar refractivity (Wildman–Crippen MR) is 80.7 cm³/mol. The Hall–Kier alpha value is -1.13. The summed E-state index contributed by atoms with van der Waals surface area (Å²) < 4.78 is 19.2. The van der Waals surface area contributed by atoms with Crippen LogP contribution in [0.15, 0.2) is 18.2 Å². The summed E-state index contributed by atoms with van der Waals surface area (Å²) in [6.45, 7) is 9.56. The van der Waals surface area contributed by atoms with Crippen LogP contribution in [0, 0.1) is 5.82 Å². The molecule has 0 saturated carbocycles. The van der Waals surface area contributed by atoms with Crippen molar-refractivity contribution in [3.63, 3.8) is 0 Å². The first kappa shape index (κ1) is 15.3. The van der Waals surface area contributed by atoms with Crippen LogP contribution >= 0.6 is 0 Å². The molecule has 20 heavy (non-hydrogen) atoms. The van der Waals surface area contributed by atoms with Crippen molar-refractivity contribution in [2.45, 2.75) is 39.3 Å². The molecule has 1 heterocycles. The van der Waals surface area contributed by atoms with E-state index in [1.54, 1.807) is 12.1 Å². The third-order valence-electron chi connectivity index (χ3n) is 3.97. The fourth-order valence-electron chi connectivity index (χ4n) is 2.86. The molecule has 0 bridgehead atoms. The zero-order valence-corrected chi connectivity index (χ0v) is 12.7. The minimum absolute atomic E-state index is 0.144. The standard InChI is InChI=1S/C16H25FN2O/c1-4-14-11-20-9-8-19(14)16-7-6-13(17)10-15(16)12(3)18-5-2/h6-7,10,12,14,18H,4-5,8-9,11H2,1-3H3. The molecule has 112 valence electrons. The van der Waals surface area contributed by atoms with E-state index in [1.165, 1.54) is 0 Å². The summed E-state index contributed by atoms with van der Waals surface area (Å²) in [5, 5.41) is 3.38. The van der Waals surface area contributed by atoms with Crippen molar-refractivity contribution in [2.75, 3.05) is 31.2 Å². The third kappa shape index (κ3) is 3.30. The number of nitrogens with zero attached hydrogens (tertiary/aromatic N) is 1. The van der Waals surface area contributed by atoms with Gasteiger partial charge in [-0.1, -0.05) is 13.8 Å². The highest BCUT2D eigenvalue weighted by Gasteiger charge is 2.25. The van der Waals surface area contributed by atoms with Crippen molar-refractivity contribution in [2.24, 2.45) is 0 Å². The number of benzene rings is 1. The summed E-state index contributed by atoms with van der Waals surface area (Å²) in [5.41, 5.74) is 2.17. The van der Waals surface area contributed by atoms with E-state index in [9.17, 15) is 4.39 Å².